The molecule has 7 heteroatoms. The second kappa shape index (κ2) is 7.11. The van der Waals surface area contributed by atoms with Gasteiger partial charge in [0.1, 0.15) is 5.69 Å². The van der Waals surface area contributed by atoms with E-state index in [9.17, 15) is 13.2 Å². The van der Waals surface area contributed by atoms with Gasteiger partial charge in [0, 0.05) is 25.3 Å². The number of hydrogen-bond acceptors (Lipinski definition) is 4. The Morgan fingerprint density at radius 2 is 1.71 bits per heavy atom. The van der Waals surface area contributed by atoms with Crippen LogP contribution in [0.4, 0.5) is 0 Å². The molecular weight excluding hydrogens is 326 g/mol. The van der Waals surface area contributed by atoms with Crippen molar-refractivity contribution in [1.29, 1.82) is 0 Å². The molecular formula is C17H19N3O3S. The molecule has 6 nitrogen and oxygen atoms in total. The third-order valence-electron chi connectivity index (χ3n) is 4.04. The van der Waals surface area contributed by atoms with Crippen LogP contribution in [-0.4, -0.2) is 43.3 Å². The Morgan fingerprint density at radius 3 is 2.33 bits per heavy atom. The summed E-state index contributed by atoms with van der Waals surface area (Å²) < 4.78 is 27.4. The fraction of sp³-hybridized carbons (Fsp3) is 0.294. The first-order valence-corrected chi connectivity index (χ1v) is 9.32. The number of rotatable bonds is 4. The predicted octanol–water partition coefficient (Wildman–Crippen LogP) is 1.66. The summed E-state index contributed by atoms with van der Waals surface area (Å²) in [6.45, 7) is 1.02. The number of nitrogens with zero attached hydrogens (tertiary/aromatic N) is 2. The molecule has 24 heavy (non-hydrogen) atoms. The van der Waals surface area contributed by atoms with Gasteiger partial charge in [-0.2, -0.15) is 0 Å². The highest BCUT2D eigenvalue weighted by molar-refractivity contribution is 7.89. The molecule has 0 radical (unpaired) electrons. The van der Waals surface area contributed by atoms with Crippen molar-refractivity contribution in [3.05, 3.63) is 60.4 Å². The lowest BCUT2D eigenvalue weighted by Gasteiger charge is -2.32. The summed E-state index contributed by atoms with van der Waals surface area (Å²) in [7, 11) is -3.52. The van der Waals surface area contributed by atoms with Crippen LogP contribution in [0.3, 0.4) is 0 Å². The molecule has 1 aromatic heterocycles. The number of pyridine rings is 1. The van der Waals surface area contributed by atoms with Gasteiger partial charge < -0.3 is 4.90 Å². The number of sulfonamides is 1. The van der Waals surface area contributed by atoms with E-state index in [1.165, 1.54) is 0 Å². The van der Waals surface area contributed by atoms with E-state index in [4.69, 9.17) is 0 Å². The second-order valence-corrected chi connectivity index (χ2v) is 7.43. The quantitative estimate of drug-likeness (QED) is 0.914. The molecule has 0 unspecified atom stereocenters. The van der Waals surface area contributed by atoms with E-state index in [2.05, 4.69) is 9.71 Å². The minimum Gasteiger partial charge on any atom is -0.337 e. The number of hydrogen-bond donors (Lipinski definition) is 1. The van der Waals surface area contributed by atoms with Gasteiger partial charge in [0.2, 0.25) is 10.0 Å². The van der Waals surface area contributed by atoms with Crippen molar-refractivity contribution in [3.63, 3.8) is 0 Å². The molecule has 0 spiro atoms. The van der Waals surface area contributed by atoms with Crippen molar-refractivity contribution in [3.8, 4) is 0 Å². The van der Waals surface area contributed by atoms with Crippen LogP contribution >= 0.6 is 0 Å². The number of benzene rings is 1. The number of nitrogens with one attached hydrogen (secondary N) is 1. The van der Waals surface area contributed by atoms with Gasteiger partial charge in [-0.1, -0.05) is 24.3 Å². The van der Waals surface area contributed by atoms with E-state index >= 15 is 0 Å². The summed E-state index contributed by atoms with van der Waals surface area (Å²) in [6, 6.07) is 13.4. The van der Waals surface area contributed by atoms with E-state index in [0.717, 1.165) is 0 Å². The summed E-state index contributed by atoms with van der Waals surface area (Å²) in [5.74, 6) is -0.111. The van der Waals surface area contributed by atoms with E-state index in [-0.39, 0.29) is 16.8 Å². The summed E-state index contributed by atoms with van der Waals surface area (Å²) in [6.07, 6.45) is 2.77. The maximum absolute atomic E-state index is 12.3. The molecule has 0 bridgehead atoms. The lowest BCUT2D eigenvalue weighted by Crippen LogP contribution is -2.46. The first-order valence-electron chi connectivity index (χ1n) is 7.84. The van der Waals surface area contributed by atoms with Crippen molar-refractivity contribution < 1.29 is 13.2 Å². The summed E-state index contributed by atoms with van der Waals surface area (Å²) >= 11 is 0. The maximum Gasteiger partial charge on any atom is 0.272 e. The zero-order valence-corrected chi connectivity index (χ0v) is 13.9. The molecule has 1 N–H and O–H groups in total. The number of piperidine rings is 1. The minimum absolute atomic E-state index is 0.111. The number of likely N-dealkylation sites (tertiary alicyclic amines) is 1. The molecule has 1 aliphatic heterocycles. The Labute approximate surface area is 141 Å². The lowest BCUT2D eigenvalue weighted by molar-refractivity contribution is 0.0705. The second-order valence-electron chi connectivity index (χ2n) is 5.72. The molecule has 1 amide bonds. The number of carbonyl (C=O) groups is 1. The average Bonchev–Trinajstić information content (AvgIpc) is 2.63. The van der Waals surface area contributed by atoms with Crippen molar-refractivity contribution in [2.45, 2.75) is 23.8 Å². The molecule has 0 saturated carbocycles. The Kier molecular flexibility index (Phi) is 4.92. The Bertz CT molecular complexity index is 786. The van der Waals surface area contributed by atoms with Crippen LogP contribution in [0.1, 0.15) is 23.3 Å². The highest BCUT2D eigenvalue weighted by Gasteiger charge is 2.27. The first-order chi connectivity index (χ1) is 11.6. The van der Waals surface area contributed by atoms with Crippen LogP contribution in [0.25, 0.3) is 0 Å². The minimum atomic E-state index is -3.52. The van der Waals surface area contributed by atoms with Gasteiger partial charge in [-0.05, 0) is 37.1 Å². The zero-order valence-electron chi connectivity index (χ0n) is 13.1. The topological polar surface area (TPSA) is 79.4 Å². The van der Waals surface area contributed by atoms with Crippen LogP contribution in [0, 0.1) is 0 Å². The molecule has 2 aromatic rings. The molecule has 1 aliphatic rings. The number of amides is 1. The predicted molar refractivity (Wildman–Crippen MR) is 89.9 cm³/mol. The lowest BCUT2D eigenvalue weighted by atomic mass is 10.1. The van der Waals surface area contributed by atoms with E-state index in [1.807, 2.05) is 0 Å². The number of aromatic nitrogens is 1. The highest BCUT2D eigenvalue weighted by Crippen LogP contribution is 2.16. The van der Waals surface area contributed by atoms with Gasteiger partial charge in [0.15, 0.2) is 0 Å². The van der Waals surface area contributed by atoms with Crippen LogP contribution in [0.2, 0.25) is 0 Å². The van der Waals surface area contributed by atoms with Crippen LogP contribution in [0.5, 0.6) is 0 Å². The van der Waals surface area contributed by atoms with Crippen molar-refractivity contribution in [2.24, 2.45) is 0 Å². The fourth-order valence-electron chi connectivity index (χ4n) is 2.74. The van der Waals surface area contributed by atoms with E-state index < -0.39 is 10.0 Å². The van der Waals surface area contributed by atoms with Crippen LogP contribution < -0.4 is 4.72 Å². The number of carbonyl (C=O) groups excluding carboxylic acids is 1. The summed E-state index contributed by atoms with van der Waals surface area (Å²) in [4.78, 5) is 18.4. The Hall–Kier alpha value is -2.25. The van der Waals surface area contributed by atoms with Crippen LogP contribution in [-0.2, 0) is 10.0 Å². The Morgan fingerprint density at radius 1 is 1.04 bits per heavy atom. The smallest absolute Gasteiger partial charge is 0.272 e. The summed E-state index contributed by atoms with van der Waals surface area (Å²) in [5, 5.41) is 0. The monoisotopic (exact) mass is 345 g/mol. The van der Waals surface area contributed by atoms with E-state index in [1.54, 1.807) is 59.6 Å². The molecule has 2 heterocycles. The normalized spacial score (nSPS) is 16.1. The zero-order chi connectivity index (χ0) is 17.0. The van der Waals surface area contributed by atoms with Crippen molar-refractivity contribution in [2.75, 3.05) is 13.1 Å². The van der Waals surface area contributed by atoms with Crippen molar-refractivity contribution in [1.82, 2.24) is 14.6 Å². The maximum atomic E-state index is 12.3. The summed E-state index contributed by atoms with van der Waals surface area (Å²) in [5.41, 5.74) is 0.417. The fourth-order valence-corrected chi connectivity index (χ4v) is 4.06. The Balaban J connectivity index is 1.59. The molecule has 0 aliphatic carbocycles. The molecule has 1 aromatic carbocycles. The van der Waals surface area contributed by atoms with Gasteiger partial charge in [-0.15, -0.1) is 0 Å². The van der Waals surface area contributed by atoms with Gasteiger partial charge in [-0.25, -0.2) is 13.1 Å². The van der Waals surface area contributed by atoms with Gasteiger partial charge >= 0.3 is 0 Å². The van der Waals surface area contributed by atoms with Gasteiger partial charge in [0.25, 0.3) is 5.91 Å². The highest BCUT2D eigenvalue weighted by atomic mass is 32.2. The molecule has 0 atom stereocenters. The largest absolute Gasteiger partial charge is 0.337 e. The van der Waals surface area contributed by atoms with Crippen molar-refractivity contribution >= 4 is 15.9 Å². The third kappa shape index (κ3) is 3.80. The van der Waals surface area contributed by atoms with E-state index in [0.29, 0.717) is 31.6 Å². The molecule has 126 valence electrons. The SMILES string of the molecule is O=C(c1ccccn1)N1CCC(NS(=O)(=O)c2ccccc2)CC1. The molecule has 1 fully saturated rings. The van der Waals surface area contributed by atoms with Crippen LogP contribution in [0.15, 0.2) is 59.6 Å². The molecule has 3 rings (SSSR count). The average molecular weight is 345 g/mol. The van der Waals surface area contributed by atoms with Gasteiger partial charge in [-0.3, -0.25) is 9.78 Å². The standard InChI is InChI=1S/C17H19N3O3S/c21-17(16-8-4-5-11-18-16)20-12-9-14(10-13-20)19-24(22,23)15-6-2-1-3-7-15/h1-8,11,14,19H,9-10,12-13H2. The third-order valence-corrected chi connectivity index (χ3v) is 5.58. The first kappa shape index (κ1) is 16.6. The van der Waals surface area contributed by atoms with Gasteiger partial charge in [0.05, 0.1) is 4.90 Å². The molecule has 1 saturated heterocycles.